The second kappa shape index (κ2) is 9.62. The first-order valence-electron chi connectivity index (χ1n) is 10.2. The Morgan fingerprint density at radius 2 is 1.94 bits per heavy atom. The molecule has 0 saturated carbocycles. The van der Waals surface area contributed by atoms with Crippen LogP contribution < -0.4 is 0 Å². The van der Waals surface area contributed by atoms with Gasteiger partial charge in [-0.25, -0.2) is 13.2 Å². The third-order valence-electron chi connectivity index (χ3n) is 4.73. The van der Waals surface area contributed by atoms with Crippen LogP contribution in [-0.4, -0.2) is 64.4 Å². The summed E-state index contributed by atoms with van der Waals surface area (Å²) in [5, 5.41) is 21.5. The van der Waals surface area contributed by atoms with Gasteiger partial charge in [-0.15, -0.1) is 10.2 Å². The van der Waals surface area contributed by atoms with Crippen molar-refractivity contribution in [3.63, 3.8) is 0 Å². The Kier molecular flexibility index (Phi) is 7.10. The fourth-order valence-electron chi connectivity index (χ4n) is 3.12. The smallest absolute Gasteiger partial charge is 0.425 e. The van der Waals surface area contributed by atoms with E-state index < -0.39 is 28.3 Å². The lowest BCUT2D eigenvalue weighted by Crippen LogP contribution is -2.41. The van der Waals surface area contributed by atoms with E-state index in [0.29, 0.717) is 28.2 Å². The fraction of sp³-hybridized carbons (Fsp3) is 0.550. The number of tetrazole rings is 1. The molecule has 1 aliphatic heterocycles. The first kappa shape index (κ1) is 23.6. The Balaban J connectivity index is 1.76. The number of nitriles is 1. The van der Waals surface area contributed by atoms with Crippen LogP contribution in [0.15, 0.2) is 29.2 Å². The van der Waals surface area contributed by atoms with E-state index in [2.05, 4.69) is 15.4 Å². The summed E-state index contributed by atoms with van der Waals surface area (Å²) in [4.78, 5) is 13.7. The number of amides is 1. The molecule has 0 N–H and O–H groups in total. The molecule has 0 atom stereocenters. The van der Waals surface area contributed by atoms with E-state index in [1.54, 1.807) is 26.8 Å². The average molecular weight is 463 g/mol. The van der Waals surface area contributed by atoms with Crippen molar-refractivity contribution in [1.29, 1.82) is 5.26 Å². The number of rotatable bonds is 6. The highest BCUT2D eigenvalue weighted by Crippen LogP contribution is 2.23. The van der Waals surface area contributed by atoms with Gasteiger partial charge in [0.15, 0.2) is 0 Å². The van der Waals surface area contributed by atoms with Crippen LogP contribution in [0.1, 0.15) is 33.6 Å². The molecule has 172 valence electrons. The molecule has 1 aromatic carbocycles. The van der Waals surface area contributed by atoms with Gasteiger partial charge in [0.05, 0.1) is 17.5 Å². The van der Waals surface area contributed by atoms with Crippen LogP contribution in [-0.2, 0) is 26.0 Å². The summed E-state index contributed by atoms with van der Waals surface area (Å²) in [6, 6.07) is 7.41. The molecule has 1 aliphatic rings. The summed E-state index contributed by atoms with van der Waals surface area (Å²) in [6.45, 7) is 6.27. The van der Waals surface area contributed by atoms with Crippen LogP contribution in [0.2, 0.25) is 0 Å². The monoisotopic (exact) mass is 462 g/mol. The summed E-state index contributed by atoms with van der Waals surface area (Å²) in [7, 11) is -4.28. The van der Waals surface area contributed by atoms with Crippen molar-refractivity contribution in [2.24, 2.45) is 5.92 Å². The van der Waals surface area contributed by atoms with Crippen molar-refractivity contribution in [2.75, 3.05) is 19.8 Å². The minimum atomic E-state index is -4.28. The highest BCUT2D eigenvalue weighted by Gasteiger charge is 2.33. The van der Waals surface area contributed by atoms with Crippen molar-refractivity contribution in [3.05, 3.63) is 24.3 Å². The lowest BCUT2D eigenvalue weighted by molar-refractivity contribution is 0.0406. The van der Waals surface area contributed by atoms with Gasteiger partial charge in [-0.2, -0.15) is 14.4 Å². The molecule has 3 rings (SSSR count). The molecule has 0 bridgehead atoms. The Morgan fingerprint density at radius 1 is 1.28 bits per heavy atom. The Hall–Kier alpha value is -3.04. The second-order valence-electron chi connectivity index (χ2n) is 8.40. The van der Waals surface area contributed by atoms with E-state index >= 15 is 0 Å². The number of hydrogen-bond donors (Lipinski definition) is 0. The van der Waals surface area contributed by atoms with E-state index in [-0.39, 0.29) is 4.90 Å². The zero-order chi connectivity index (χ0) is 23.4. The van der Waals surface area contributed by atoms with Gasteiger partial charge in [0, 0.05) is 18.8 Å². The lowest BCUT2D eigenvalue weighted by atomic mass is 10.0. The number of sulfonamides is 1. The third-order valence-corrected chi connectivity index (χ3v) is 6.45. The number of benzene rings is 1. The van der Waals surface area contributed by atoms with Gasteiger partial charge in [0.2, 0.25) is 5.82 Å². The summed E-state index contributed by atoms with van der Waals surface area (Å²) >= 11 is 0. The normalized spacial score (nSPS) is 15.2. The predicted molar refractivity (Wildman–Crippen MR) is 113 cm³/mol. The molecule has 1 fully saturated rings. The maximum atomic E-state index is 12.9. The van der Waals surface area contributed by atoms with Crippen LogP contribution in [0, 0.1) is 17.2 Å². The highest BCUT2D eigenvalue weighted by molar-refractivity contribution is 7.89. The molecule has 0 unspecified atom stereocenters. The van der Waals surface area contributed by atoms with Crippen molar-refractivity contribution in [2.45, 2.75) is 50.7 Å². The molecule has 1 amide bonds. The van der Waals surface area contributed by atoms with Gasteiger partial charge in [-0.05, 0) is 69.0 Å². The molecular formula is C20H26N6O5S. The molecule has 2 heterocycles. The Morgan fingerprint density at radius 3 is 2.53 bits per heavy atom. The molecule has 0 radical (unpaired) electrons. The predicted octanol–water partition coefficient (Wildman–Crippen LogP) is 2.22. The van der Waals surface area contributed by atoms with Crippen LogP contribution in [0.4, 0.5) is 4.79 Å². The van der Waals surface area contributed by atoms with Gasteiger partial charge < -0.3 is 9.47 Å². The standard InChI is InChI=1S/C20H26N6O5S/c1-20(2,3)31-19(27)25(11-10-21)32(28,29)17-6-4-16(5-7-17)18-22-24-26(23-18)14-15-8-12-30-13-9-15/h4-7,15H,8-9,11-14H2,1-3H3. The number of aromatic nitrogens is 4. The number of ether oxygens (including phenoxy) is 2. The molecule has 1 saturated heterocycles. The van der Waals surface area contributed by atoms with E-state index in [1.807, 2.05) is 0 Å². The summed E-state index contributed by atoms with van der Waals surface area (Å²) in [6.07, 6.45) is 0.779. The zero-order valence-electron chi connectivity index (χ0n) is 18.3. The van der Waals surface area contributed by atoms with Crippen molar-refractivity contribution < 1.29 is 22.7 Å². The summed E-state index contributed by atoms with van der Waals surface area (Å²) in [5.41, 5.74) is -0.335. The van der Waals surface area contributed by atoms with Crippen molar-refractivity contribution in [3.8, 4) is 17.5 Å². The van der Waals surface area contributed by atoms with Gasteiger partial charge in [-0.3, -0.25) is 0 Å². The van der Waals surface area contributed by atoms with Crippen LogP contribution >= 0.6 is 0 Å². The number of carbonyl (C=O) groups excluding carboxylic acids is 1. The van der Waals surface area contributed by atoms with E-state index in [0.717, 1.165) is 26.1 Å². The summed E-state index contributed by atoms with van der Waals surface area (Å²) in [5.74, 6) is 0.791. The van der Waals surface area contributed by atoms with E-state index in [4.69, 9.17) is 14.7 Å². The molecule has 11 nitrogen and oxygen atoms in total. The van der Waals surface area contributed by atoms with E-state index in [1.165, 1.54) is 29.1 Å². The molecule has 0 aliphatic carbocycles. The Bertz CT molecular complexity index is 1080. The molecule has 0 spiro atoms. The van der Waals surface area contributed by atoms with Gasteiger partial charge in [0.25, 0.3) is 10.0 Å². The second-order valence-corrected chi connectivity index (χ2v) is 10.3. The topological polar surface area (TPSA) is 140 Å². The fourth-order valence-corrected chi connectivity index (χ4v) is 4.32. The average Bonchev–Trinajstić information content (AvgIpc) is 3.20. The van der Waals surface area contributed by atoms with Gasteiger partial charge >= 0.3 is 6.09 Å². The maximum absolute atomic E-state index is 12.9. The molecule has 1 aromatic heterocycles. The largest absolute Gasteiger partial charge is 0.443 e. The van der Waals surface area contributed by atoms with Crippen LogP contribution in [0.5, 0.6) is 0 Å². The molecular weight excluding hydrogens is 436 g/mol. The van der Waals surface area contributed by atoms with Gasteiger partial charge in [0.1, 0.15) is 12.1 Å². The summed E-state index contributed by atoms with van der Waals surface area (Å²) < 4.78 is 36.8. The van der Waals surface area contributed by atoms with Crippen LogP contribution in [0.3, 0.4) is 0 Å². The SMILES string of the molecule is CC(C)(C)OC(=O)N(CC#N)S(=O)(=O)c1ccc(-c2nnn(CC3CCOCC3)n2)cc1. The molecule has 12 heteroatoms. The Labute approximate surface area is 187 Å². The number of carbonyl (C=O) groups is 1. The lowest BCUT2D eigenvalue weighted by Gasteiger charge is -2.25. The zero-order valence-corrected chi connectivity index (χ0v) is 19.1. The number of hydrogen-bond acceptors (Lipinski definition) is 9. The first-order chi connectivity index (χ1) is 15.1. The van der Waals surface area contributed by atoms with Crippen LogP contribution in [0.25, 0.3) is 11.4 Å². The minimum Gasteiger partial charge on any atom is -0.443 e. The minimum absolute atomic E-state index is 0.156. The highest BCUT2D eigenvalue weighted by atomic mass is 32.2. The first-order valence-corrected chi connectivity index (χ1v) is 11.6. The van der Waals surface area contributed by atoms with E-state index in [9.17, 15) is 13.2 Å². The van der Waals surface area contributed by atoms with Crippen molar-refractivity contribution in [1.82, 2.24) is 24.5 Å². The maximum Gasteiger partial charge on any atom is 0.425 e. The third kappa shape index (κ3) is 5.80. The molecule has 32 heavy (non-hydrogen) atoms. The molecule has 2 aromatic rings. The van der Waals surface area contributed by atoms with Crippen molar-refractivity contribution >= 4 is 16.1 Å². The van der Waals surface area contributed by atoms with Gasteiger partial charge in [-0.1, -0.05) is 0 Å². The number of nitrogens with zero attached hydrogens (tertiary/aromatic N) is 6. The quantitative estimate of drug-likeness (QED) is 0.591.